The number of furan rings is 1. The molecule has 0 spiro atoms. The Kier molecular flexibility index (Phi) is 4.77. The van der Waals surface area contributed by atoms with Crippen LogP contribution in [0.4, 0.5) is 0 Å². The third kappa shape index (κ3) is 3.66. The van der Waals surface area contributed by atoms with Gasteiger partial charge in [-0.2, -0.15) is 5.10 Å². The highest BCUT2D eigenvalue weighted by molar-refractivity contribution is 6.30. The van der Waals surface area contributed by atoms with Gasteiger partial charge in [0, 0.05) is 41.4 Å². The molecule has 0 radical (unpaired) electrons. The van der Waals surface area contributed by atoms with Crippen molar-refractivity contribution in [2.45, 2.75) is 19.5 Å². The van der Waals surface area contributed by atoms with E-state index in [1.54, 1.807) is 6.26 Å². The second-order valence-corrected chi connectivity index (χ2v) is 6.79. The number of nitrogens with one attached hydrogen (secondary N) is 2. The highest BCUT2D eigenvalue weighted by Crippen LogP contribution is 2.29. The fraction of sp³-hybridized carbons (Fsp3) is 0.263. The number of rotatable bonds is 5. The first-order valence-electron chi connectivity index (χ1n) is 8.52. The van der Waals surface area contributed by atoms with Gasteiger partial charge in [-0.15, -0.1) is 0 Å². The van der Waals surface area contributed by atoms with E-state index in [2.05, 4.69) is 20.4 Å². The molecule has 3 heterocycles. The molecule has 0 saturated carbocycles. The number of hydrogen-bond donors (Lipinski definition) is 2. The molecule has 6 nitrogen and oxygen atoms in total. The molecule has 1 aliphatic rings. The lowest BCUT2D eigenvalue weighted by atomic mass is 10.0. The molecule has 0 saturated heterocycles. The van der Waals surface area contributed by atoms with Gasteiger partial charge in [-0.3, -0.25) is 14.8 Å². The third-order valence-corrected chi connectivity index (χ3v) is 4.79. The predicted molar refractivity (Wildman–Crippen MR) is 98.6 cm³/mol. The van der Waals surface area contributed by atoms with Gasteiger partial charge in [0.1, 0.15) is 5.76 Å². The molecule has 2 aromatic heterocycles. The lowest BCUT2D eigenvalue weighted by Crippen LogP contribution is -2.39. The minimum Gasteiger partial charge on any atom is -0.467 e. The molecule has 1 aromatic carbocycles. The van der Waals surface area contributed by atoms with Crippen molar-refractivity contribution in [3.05, 3.63) is 64.7 Å². The first-order valence-corrected chi connectivity index (χ1v) is 8.90. The van der Waals surface area contributed by atoms with Crippen LogP contribution >= 0.6 is 11.6 Å². The van der Waals surface area contributed by atoms with Gasteiger partial charge >= 0.3 is 0 Å². The first kappa shape index (κ1) is 16.9. The predicted octanol–water partition coefficient (Wildman–Crippen LogP) is 3.00. The number of carbonyl (C=O) groups excluding carboxylic acids is 1. The van der Waals surface area contributed by atoms with E-state index in [0.29, 0.717) is 24.7 Å². The van der Waals surface area contributed by atoms with Gasteiger partial charge in [0.05, 0.1) is 25.0 Å². The molecular weight excluding hydrogens is 352 g/mol. The number of carbonyl (C=O) groups is 1. The average molecular weight is 371 g/mol. The van der Waals surface area contributed by atoms with E-state index in [1.807, 2.05) is 36.4 Å². The summed E-state index contributed by atoms with van der Waals surface area (Å²) < 4.78 is 5.23. The number of nitrogens with zero attached hydrogens (tertiary/aromatic N) is 2. The number of halogens is 1. The Hall–Kier alpha value is -2.57. The van der Waals surface area contributed by atoms with Gasteiger partial charge in [-0.05, 0) is 24.3 Å². The molecule has 3 aromatic rings. The molecule has 7 heteroatoms. The SMILES string of the molecule is O=C(CN1CCc2[nH]nc(-c3ccc(Cl)cc3)c2C1)NCc1ccco1. The first-order chi connectivity index (χ1) is 12.7. The number of H-pyrrole nitrogens is 1. The summed E-state index contributed by atoms with van der Waals surface area (Å²) >= 11 is 5.98. The van der Waals surface area contributed by atoms with E-state index < -0.39 is 0 Å². The topological polar surface area (TPSA) is 74.2 Å². The second kappa shape index (κ2) is 7.35. The number of aromatic nitrogens is 2. The zero-order chi connectivity index (χ0) is 17.9. The van der Waals surface area contributed by atoms with Gasteiger partial charge in [0.25, 0.3) is 0 Å². The maximum atomic E-state index is 12.2. The maximum absolute atomic E-state index is 12.2. The van der Waals surface area contributed by atoms with Gasteiger partial charge in [-0.1, -0.05) is 23.7 Å². The van der Waals surface area contributed by atoms with E-state index in [9.17, 15) is 4.79 Å². The van der Waals surface area contributed by atoms with Crippen molar-refractivity contribution in [1.29, 1.82) is 0 Å². The Morgan fingerprint density at radius 3 is 2.92 bits per heavy atom. The average Bonchev–Trinajstić information content (AvgIpc) is 3.30. The highest BCUT2D eigenvalue weighted by atomic mass is 35.5. The molecule has 0 aliphatic carbocycles. The fourth-order valence-electron chi connectivity index (χ4n) is 3.19. The molecule has 0 bridgehead atoms. The van der Waals surface area contributed by atoms with Crippen LogP contribution in [0.25, 0.3) is 11.3 Å². The lowest BCUT2D eigenvalue weighted by molar-refractivity contribution is -0.122. The molecule has 2 N–H and O–H groups in total. The molecule has 4 rings (SSSR count). The number of fused-ring (bicyclic) bond motifs is 1. The number of benzene rings is 1. The summed E-state index contributed by atoms with van der Waals surface area (Å²) in [7, 11) is 0. The largest absolute Gasteiger partial charge is 0.467 e. The van der Waals surface area contributed by atoms with Crippen LogP contribution in [0.3, 0.4) is 0 Å². The van der Waals surface area contributed by atoms with Crippen molar-refractivity contribution in [1.82, 2.24) is 20.4 Å². The van der Waals surface area contributed by atoms with Crippen LogP contribution in [0.1, 0.15) is 17.0 Å². The van der Waals surface area contributed by atoms with Crippen LogP contribution in [0.2, 0.25) is 5.02 Å². The molecule has 0 unspecified atom stereocenters. The van der Waals surface area contributed by atoms with Crippen molar-refractivity contribution < 1.29 is 9.21 Å². The summed E-state index contributed by atoms with van der Waals surface area (Å²) in [4.78, 5) is 14.4. The molecule has 0 fully saturated rings. The Bertz CT molecular complexity index is 887. The van der Waals surface area contributed by atoms with E-state index in [4.69, 9.17) is 16.0 Å². The van der Waals surface area contributed by atoms with Crippen LogP contribution in [0.15, 0.2) is 47.1 Å². The summed E-state index contributed by atoms with van der Waals surface area (Å²) in [6.07, 6.45) is 2.45. The number of aromatic amines is 1. The van der Waals surface area contributed by atoms with Crippen LogP contribution in [0, 0.1) is 0 Å². The smallest absolute Gasteiger partial charge is 0.234 e. The van der Waals surface area contributed by atoms with E-state index in [1.165, 1.54) is 0 Å². The molecule has 134 valence electrons. The minimum atomic E-state index is -0.0126. The van der Waals surface area contributed by atoms with Crippen molar-refractivity contribution in [2.24, 2.45) is 0 Å². The normalized spacial score (nSPS) is 14.2. The third-order valence-electron chi connectivity index (χ3n) is 4.54. The van der Waals surface area contributed by atoms with Crippen molar-refractivity contribution in [3.63, 3.8) is 0 Å². The Morgan fingerprint density at radius 1 is 1.31 bits per heavy atom. The maximum Gasteiger partial charge on any atom is 0.234 e. The van der Waals surface area contributed by atoms with E-state index >= 15 is 0 Å². The Labute approximate surface area is 156 Å². The Balaban J connectivity index is 1.41. The van der Waals surface area contributed by atoms with Crippen LogP contribution in [-0.4, -0.2) is 34.1 Å². The van der Waals surface area contributed by atoms with Crippen molar-refractivity contribution >= 4 is 17.5 Å². The fourth-order valence-corrected chi connectivity index (χ4v) is 3.32. The molecule has 26 heavy (non-hydrogen) atoms. The standard InChI is InChI=1S/C19H19ClN4O2/c20-14-5-3-13(4-6-14)19-16-11-24(8-7-17(16)22-23-19)12-18(25)21-10-15-2-1-9-26-15/h1-6,9H,7-8,10-12H2,(H,21,25)(H,22,23). The summed E-state index contributed by atoms with van der Waals surface area (Å²) in [6.45, 7) is 2.28. The molecule has 1 aliphatic heterocycles. The van der Waals surface area contributed by atoms with Gasteiger partial charge in [0.2, 0.25) is 5.91 Å². The summed E-state index contributed by atoms with van der Waals surface area (Å²) in [5, 5.41) is 11.2. The van der Waals surface area contributed by atoms with Gasteiger partial charge < -0.3 is 9.73 Å². The zero-order valence-electron chi connectivity index (χ0n) is 14.2. The van der Waals surface area contributed by atoms with Crippen molar-refractivity contribution in [3.8, 4) is 11.3 Å². The van der Waals surface area contributed by atoms with Crippen LogP contribution in [0.5, 0.6) is 0 Å². The summed E-state index contributed by atoms with van der Waals surface area (Å²) in [5.74, 6) is 0.737. The van der Waals surface area contributed by atoms with Crippen LogP contribution < -0.4 is 5.32 Å². The minimum absolute atomic E-state index is 0.0126. The summed E-state index contributed by atoms with van der Waals surface area (Å²) in [5.41, 5.74) is 4.24. The van der Waals surface area contributed by atoms with Crippen molar-refractivity contribution in [2.75, 3.05) is 13.1 Å². The number of hydrogen-bond acceptors (Lipinski definition) is 4. The molecular formula is C19H19ClN4O2. The second-order valence-electron chi connectivity index (χ2n) is 6.35. The number of amides is 1. The van der Waals surface area contributed by atoms with Gasteiger partial charge in [-0.25, -0.2) is 0 Å². The monoisotopic (exact) mass is 370 g/mol. The highest BCUT2D eigenvalue weighted by Gasteiger charge is 2.24. The lowest BCUT2D eigenvalue weighted by Gasteiger charge is -2.26. The van der Waals surface area contributed by atoms with E-state index in [0.717, 1.165) is 41.2 Å². The molecule has 0 atom stereocenters. The van der Waals surface area contributed by atoms with Gasteiger partial charge in [0.15, 0.2) is 0 Å². The zero-order valence-corrected chi connectivity index (χ0v) is 14.9. The molecule has 1 amide bonds. The quantitative estimate of drug-likeness (QED) is 0.724. The van der Waals surface area contributed by atoms with E-state index in [-0.39, 0.29) is 5.91 Å². The summed E-state index contributed by atoms with van der Waals surface area (Å²) in [6, 6.07) is 11.3. The van der Waals surface area contributed by atoms with Crippen LogP contribution in [-0.2, 0) is 24.3 Å². The Morgan fingerprint density at radius 2 is 2.15 bits per heavy atom.